The molecule has 2 N–H and O–H groups in total. The summed E-state index contributed by atoms with van der Waals surface area (Å²) < 4.78 is 0. The summed E-state index contributed by atoms with van der Waals surface area (Å²) in [7, 11) is 0. The van der Waals surface area contributed by atoms with E-state index in [1.807, 2.05) is 49.9 Å². The van der Waals surface area contributed by atoms with Crippen LogP contribution in [0.25, 0.3) is 0 Å². The van der Waals surface area contributed by atoms with E-state index in [9.17, 15) is 4.79 Å². The average Bonchev–Trinajstić information content (AvgIpc) is 2.28. The number of nitrogens with two attached hydrogens (primary N) is 1. The predicted molar refractivity (Wildman–Crippen MR) is 70.8 cm³/mol. The van der Waals surface area contributed by atoms with Crippen LogP contribution < -0.4 is 5.73 Å². The summed E-state index contributed by atoms with van der Waals surface area (Å²) >= 11 is 0. The summed E-state index contributed by atoms with van der Waals surface area (Å²) in [5.74, 6) is 0.148. The molecule has 1 amide bonds. The maximum Gasteiger partial charge on any atom is 0.227 e. The van der Waals surface area contributed by atoms with Gasteiger partial charge in [0.25, 0.3) is 0 Å². The molecule has 1 rings (SSSR count). The van der Waals surface area contributed by atoms with Gasteiger partial charge in [-0.1, -0.05) is 29.8 Å². The average molecular weight is 234 g/mol. The molecular weight excluding hydrogens is 212 g/mol. The van der Waals surface area contributed by atoms with Crippen LogP contribution in [0, 0.1) is 6.92 Å². The molecule has 17 heavy (non-hydrogen) atoms. The topological polar surface area (TPSA) is 46.3 Å². The summed E-state index contributed by atoms with van der Waals surface area (Å²) in [6.45, 7) is 7.21. The number of benzene rings is 1. The van der Waals surface area contributed by atoms with Crippen molar-refractivity contribution in [2.75, 3.05) is 13.1 Å². The standard InChI is InChI=1S/C14H22N2O/c1-11(2)16(9-8-15)14(17)10-13-6-4-12(3)5-7-13/h4-7,11H,8-10,15H2,1-3H3. The quantitative estimate of drug-likeness (QED) is 0.843. The van der Waals surface area contributed by atoms with Gasteiger partial charge in [0.1, 0.15) is 0 Å². The normalized spacial score (nSPS) is 10.6. The predicted octanol–water partition coefficient (Wildman–Crippen LogP) is 1.73. The fourth-order valence-corrected chi connectivity index (χ4v) is 1.79. The monoisotopic (exact) mass is 234 g/mol. The first kappa shape index (κ1) is 13.7. The van der Waals surface area contributed by atoms with Crippen LogP contribution in [0.4, 0.5) is 0 Å². The van der Waals surface area contributed by atoms with E-state index in [1.165, 1.54) is 5.56 Å². The van der Waals surface area contributed by atoms with Crippen LogP contribution in [-0.4, -0.2) is 29.9 Å². The van der Waals surface area contributed by atoms with Gasteiger partial charge in [-0.2, -0.15) is 0 Å². The molecule has 0 saturated carbocycles. The van der Waals surface area contributed by atoms with Crippen molar-refractivity contribution in [1.82, 2.24) is 4.90 Å². The summed E-state index contributed by atoms with van der Waals surface area (Å²) in [5.41, 5.74) is 7.79. The first-order valence-electron chi connectivity index (χ1n) is 6.09. The lowest BCUT2D eigenvalue weighted by molar-refractivity contribution is -0.132. The molecule has 0 bridgehead atoms. The Morgan fingerprint density at radius 3 is 2.35 bits per heavy atom. The van der Waals surface area contributed by atoms with E-state index in [0.29, 0.717) is 19.5 Å². The summed E-state index contributed by atoms with van der Waals surface area (Å²) in [4.78, 5) is 13.9. The van der Waals surface area contributed by atoms with Crippen molar-refractivity contribution in [1.29, 1.82) is 0 Å². The van der Waals surface area contributed by atoms with Gasteiger partial charge in [-0.15, -0.1) is 0 Å². The first-order chi connectivity index (χ1) is 8.04. The molecule has 1 aromatic carbocycles. The number of aryl methyl sites for hydroxylation is 1. The second kappa shape index (κ2) is 6.40. The van der Waals surface area contributed by atoms with E-state index in [2.05, 4.69) is 0 Å². The lowest BCUT2D eigenvalue weighted by Crippen LogP contribution is -2.41. The Hall–Kier alpha value is -1.35. The van der Waals surface area contributed by atoms with Gasteiger partial charge >= 0.3 is 0 Å². The number of carbonyl (C=O) groups is 1. The molecule has 3 nitrogen and oxygen atoms in total. The van der Waals surface area contributed by atoms with Crippen molar-refractivity contribution in [2.45, 2.75) is 33.2 Å². The van der Waals surface area contributed by atoms with Gasteiger partial charge in [0.05, 0.1) is 6.42 Å². The third-order valence-corrected chi connectivity index (χ3v) is 2.79. The van der Waals surface area contributed by atoms with E-state index >= 15 is 0 Å². The molecule has 0 aliphatic rings. The van der Waals surface area contributed by atoms with Crippen LogP contribution in [0.2, 0.25) is 0 Å². The zero-order valence-electron chi connectivity index (χ0n) is 10.9. The largest absolute Gasteiger partial charge is 0.339 e. The molecule has 0 fully saturated rings. The van der Waals surface area contributed by atoms with Crippen LogP contribution in [0.3, 0.4) is 0 Å². The molecule has 0 spiro atoms. The number of amides is 1. The molecule has 1 aromatic rings. The summed E-state index contributed by atoms with van der Waals surface area (Å²) in [5, 5.41) is 0. The fraction of sp³-hybridized carbons (Fsp3) is 0.500. The number of hydrogen-bond acceptors (Lipinski definition) is 2. The van der Waals surface area contributed by atoms with Crippen molar-refractivity contribution in [3.05, 3.63) is 35.4 Å². The second-order valence-electron chi connectivity index (χ2n) is 4.63. The highest BCUT2D eigenvalue weighted by Crippen LogP contribution is 2.07. The highest BCUT2D eigenvalue weighted by atomic mass is 16.2. The summed E-state index contributed by atoms with van der Waals surface area (Å²) in [6, 6.07) is 8.29. The van der Waals surface area contributed by atoms with Gasteiger partial charge in [-0.05, 0) is 26.3 Å². The molecule has 0 saturated heterocycles. The minimum Gasteiger partial charge on any atom is -0.339 e. The van der Waals surface area contributed by atoms with Crippen molar-refractivity contribution in [3.8, 4) is 0 Å². The van der Waals surface area contributed by atoms with E-state index in [1.54, 1.807) is 0 Å². The minimum atomic E-state index is 0.148. The Balaban J connectivity index is 2.66. The number of carbonyl (C=O) groups excluding carboxylic acids is 1. The molecule has 0 aliphatic heterocycles. The first-order valence-corrected chi connectivity index (χ1v) is 6.09. The van der Waals surface area contributed by atoms with Gasteiger partial charge in [-0.3, -0.25) is 4.79 Å². The van der Waals surface area contributed by atoms with Gasteiger partial charge in [-0.25, -0.2) is 0 Å². The number of hydrogen-bond donors (Lipinski definition) is 1. The SMILES string of the molecule is Cc1ccc(CC(=O)N(CCN)C(C)C)cc1. The maximum atomic E-state index is 12.1. The van der Waals surface area contributed by atoms with Gasteiger partial charge < -0.3 is 10.6 Å². The Morgan fingerprint density at radius 1 is 1.29 bits per heavy atom. The van der Waals surface area contributed by atoms with Crippen molar-refractivity contribution >= 4 is 5.91 Å². The van der Waals surface area contributed by atoms with Crippen molar-refractivity contribution in [3.63, 3.8) is 0 Å². The minimum absolute atomic E-state index is 0.148. The zero-order chi connectivity index (χ0) is 12.8. The van der Waals surface area contributed by atoms with Gasteiger partial charge in [0.15, 0.2) is 0 Å². The zero-order valence-corrected chi connectivity index (χ0v) is 10.9. The van der Waals surface area contributed by atoms with Crippen LogP contribution in [0.1, 0.15) is 25.0 Å². The summed E-state index contributed by atoms with van der Waals surface area (Å²) in [6.07, 6.45) is 0.457. The Morgan fingerprint density at radius 2 is 1.88 bits per heavy atom. The molecule has 0 aromatic heterocycles. The molecule has 94 valence electrons. The molecule has 0 aliphatic carbocycles. The lowest BCUT2D eigenvalue weighted by atomic mass is 10.1. The van der Waals surface area contributed by atoms with Crippen molar-refractivity contribution < 1.29 is 4.79 Å². The molecule has 3 heteroatoms. The molecule has 0 radical (unpaired) electrons. The maximum absolute atomic E-state index is 12.1. The van der Waals surface area contributed by atoms with Gasteiger partial charge in [0, 0.05) is 19.1 Å². The van der Waals surface area contributed by atoms with Crippen LogP contribution in [-0.2, 0) is 11.2 Å². The van der Waals surface area contributed by atoms with Gasteiger partial charge in [0.2, 0.25) is 5.91 Å². The molecule has 0 unspecified atom stereocenters. The molecule has 0 heterocycles. The Labute approximate surface area is 104 Å². The number of rotatable bonds is 5. The molecule has 0 atom stereocenters. The fourth-order valence-electron chi connectivity index (χ4n) is 1.79. The van der Waals surface area contributed by atoms with Crippen LogP contribution in [0.15, 0.2) is 24.3 Å². The Kier molecular flexibility index (Phi) is 5.16. The highest BCUT2D eigenvalue weighted by molar-refractivity contribution is 5.79. The highest BCUT2D eigenvalue weighted by Gasteiger charge is 2.15. The van der Waals surface area contributed by atoms with Crippen molar-refractivity contribution in [2.24, 2.45) is 5.73 Å². The van der Waals surface area contributed by atoms with E-state index in [4.69, 9.17) is 5.73 Å². The smallest absolute Gasteiger partial charge is 0.227 e. The second-order valence-corrected chi connectivity index (χ2v) is 4.63. The Bertz CT molecular complexity index is 357. The van der Waals surface area contributed by atoms with Crippen LogP contribution in [0.5, 0.6) is 0 Å². The lowest BCUT2D eigenvalue weighted by Gasteiger charge is -2.26. The third kappa shape index (κ3) is 4.19. The molecular formula is C14H22N2O. The van der Waals surface area contributed by atoms with Crippen LogP contribution >= 0.6 is 0 Å². The van der Waals surface area contributed by atoms with E-state index in [-0.39, 0.29) is 11.9 Å². The van der Waals surface area contributed by atoms with E-state index < -0.39 is 0 Å². The van der Waals surface area contributed by atoms with E-state index in [0.717, 1.165) is 5.56 Å². The number of nitrogens with zero attached hydrogens (tertiary/aromatic N) is 1. The third-order valence-electron chi connectivity index (χ3n) is 2.79.